The lowest BCUT2D eigenvalue weighted by Crippen LogP contribution is -2.47. The van der Waals surface area contributed by atoms with Crippen LogP contribution in [0, 0.1) is 0 Å². The van der Waals surface area contributed by atoms with Gasteiger partial charge in [-0.1, -0.05) is 6.07 Å². The van der Waals surface area contributed by atoms with Crippen LogP contribution in [-0.4, -0.2) is 51.0 Å². The van der Waals surface area contributed by atoms with Gasteiger partial charge in [-0.3, -0.25) is 4.79 Å². The van der Waals surface area contributed by atoms with E-state index in [4.69, 9.17) is 9.47 Å². The van der Waals surface area contributed by atoms with E-state index < -0.39 is 10.0 Å². The second kappa shape index (κ2) is 9.40. The third-order valence-electron chi connectivity index (χ3n) is 4.41. The number of carbonyl (C=O) groups is 1. The van der Waals surface area contributed by atoms with Crippen LogP contribution in [0.3, 0.4) is 0 Å². The zero-order chi connectivity index (χ0) is 20.0. The number of rotatable bonds is 8. The average Bonchev–Trinajstić information content (AvgIpc) is 3.24. The van der Waals surface area contributed by atoms with Crippen LogP contribution in [-0.2, 0) is 14.8 Å². The minimum atomic E-state index is -3.42. The van der Waals surface area contributed by atoms with Gasteiger partial charge < -0.3 is 14.8 Å². The first-order valence-corrected chi connectivity index (χ1v) is 11.5. The van der Waals surface area contributed by atoms with E-state index in [0.29, 0.717) is 42.5 Å². The van der Waals surface area contributed by atoms with Gasteiger partial charge >= 0.3 is 0 Å². The van der Waals surface area contributed by atoms with Gasteiger partial charge in [0.05, 0.1) is 6.61 Å². The van der Waals surface area contributed by atoms with Crippen molar-refractivity contribution in [3.8, 4) is 11.5 Å². The molecular formula is C19H24N2O5S2. The average molecular weight is 425 g/mol. The first-order valence-electron chi connectivity index (χ1n) is 9.17. The Morgan fingerprint density at radius 3 is 2.36 bits per heavy atom. The highest BCUT2D eigenvalue weighted by molar-refractivity contribution is 7.91. The minimum absolute atomic E-state index is 0.0498. The number of piperidine rings is 1. The van der Waals surface area contributed by atoms with Crippen LogP contribution >= 0.6 is 11.3 Å². The monoisotopic (exact) mass is 424 g/mol. The summed E-state index contributed by atoms with van der Waals surface area (Å²) in [7, 11) is -3.42. The van der Waals surface area contributed by atoms with Crippen LogP contribution in [0.4, 0.5) is 0 Å². The molecular weight excluding hydrogens is 400 g/mol. The summed E-state index contributed by atoms with van der Waals surface area (Å²) in [5.41, 5.74) is 0. The van der Waals surface area contributed by atoms with Gasteiger partial charge in [-0.05, 0) is 55.5 Å². The molecule has 1 amide bonds. The van der Waals surface area contributed by atoms with E-state index in [1.165, 1.54) is 15.6 Å². The second-order valence-electron chi connectivity index (χ2n) is 6.37. The van der Waals surface area contributed by atoms with Crippen molar-refractivity contribution in [3.05, 3.63) is 41.8 Å². The van der Waals surface area contributed by atoms with Crippen LogP contribution in [0.25, 0.3) is 0 Å². The van der Waals surface area contributed by atoms with E-state index in [1.807, 2.05) is 6.92 Å². The van der Waals surface area contributed by atoms with Crippen molar-refractivity contribution in [3.63, 3.8) is 0 Å². The van der Waals surface area contributed by atoms with E-state index in [9.17, 15) is 13.2 Å². The highest BCUT2D eigenvalue weighted by Crippen LogP contribution is 2.24. The maximum atomic E-state index is 12.5. The van der Waals surface area contributed by atoms with Crippen LogP contribution < -0.4 is 14.8 Å². The number of sulfonamides is 1. The molecule has 2 heterocycles. The van der Waals surface area contributed by atoms with E-state index in [2.05, 4.69) is 5.32 Å². The van der Waals surface area contributed by atoms with Crippen molar-refractivity contribution < 1.29 is 22.7 Å². The number of nitrogens with one attached hydrogen (secondary N) is 1. The highest BCUT2D eigenvalue weighted by atomic mass is 32.2. The van der Waals surface area contributed by atoms with Crippen LogP contribution in [0.2, 0.25) is 0 Å². The van der Waals surface area contributed by atoms with E-state index in [-0.39, 0.29) is 18.6 Å². The Kier molecular flexibility index (Phi) is 6.93. The van der Waals surface area contributed by atoms with Crippen molar-refractivity contribution in [2.45, 2.75) is 30.0 Å². The largest absolute Gasteiger partial charge is 0.494 e. The molecule has 1 saturated heterocycles. The molecule has 0 aliphatic carbocycles. The van der Waals surface area contributed by atoms with Gasteiger partial charge in [0.25, 0.3) is 15.9 Å². The molecule has 152 valence electrons. The molecule has 0 radical (unpaired) electrons. The molecule has 7 nitrogen and oxygen atoms in total. The molecule has 1 aromatic heterocycles. The lowest BCUT2D eigenvalue weighted by atomic mass is 10.1. The first kappa shape index (κ1) is 20.6. The maximum Gasteiger partial charge on any atom is 0.258 e. The van der Waals surface area contributed by atoms with Crippen molar-refractivity contribution >= 4 is 27.3 Å². The number of hydrogen-bond donors (Lipinski definition) is 1. The van der Waals surface area contributed by atoms with E-state index in [0.717, 1.165) is 5.75 Å². The van der Waals surface area contributed by atoms with Crippen LogP contribution in [0.15, 0.2) is 46.0 Å². The number of ether oxygens (including phenoxy) is 2. The summed E-state index contributed by atoms with van der Waals surface area (Å²) in [6.07, 6.45) is 1.17. The molecule has 28 heavy (non-hydrogen) atoms. The van der Waals surface area contributed by atoms with Crippen molar-refractivity contribution in [2.75, 3.05) is 26.3 Å². The van der Waals surface area contributed by atoms with Crippen molar-refractivity contribution in [2.24, 2.45) is 0 Å². The molecule has 3 rings (SSSR count). The lowest BCUT2D eigenvalue weighted by molar-refractivity contribution is -0.124. The summed E-state index contributed by atoms with van der Waals surface area (Å²) in [6.45, 7) is 3.21. The fraction of sp³-hybridized carbons (Fsp3) is 0.421. The third-order valence-corrected chi connectivity index (χ3v) is 7.68. The molecule has 1 fully saturated rings. The summed E-state index contributed by atoms with van der Waals surface area (Å²) < 4.78 is 37.7. The Labute approximate surface area is 169 Å². The Hall–Kier alpha value is -2.10. The lowest BCUT2D eigenvalue weighted by Gasteiger charge is -2.31. The summed E-state index contributed by atoms with van der Waals surface area (Å²) in [6, 6.07) is 10.4. The first-order chi connectivity index (χ1) is 13.5. The van der Waals surface area contributed by atoms with Gasteiger partial charge in [0.1, 0.15) is 15.7 Å². The molecule has 9 heteroatoms. The molecule has 0 bridgehead atoms. The standard InChI is InChI=1S/C19H24N2O5S2/c1-2-25-16-5-7-17(8-6-16)26-14-18(22)20-15-9-11-21(12-10-15)28(23,24)19-4-3-13-27-19/h3-8,13,15H,2,9-12,14H2,1H3,(H,20,22). The fourth-order valence-corrected chi connectivity index (χ4v) is 5.61. The minimum Gasteiger partial charge on any atom is -0.494 e. The van der Waals surface area contributed by atoms with Gasteiger partial charge in [0.15, 0.2) is 6.61 Å². The number of thiophene rings is 1. The fourth-order valence-electron chi connectivity index (χ4n) is 2.99. The topological polar surface area (TPSA) is 84.9 Å². The zero-order valence-electron chi connectivity index (χ0n) is 15.7. The number of benzene rings is 1. The number of nitrogens with zero attached hydrogens (tertiary/aromatic N) is 1. The normalized spacial score (nSPS) is 15.9. The molecule has 1 aliphatic heterocycles. The molecule has 0 saturated carbocycles. The third kappa shape index (κ3) is 5.24. The molecule has 2 aromatic rings. The smallest absolute Gasteiger partial charge is 0.258 e. The van der Waals surface area contributed by atoms with Crippen LogP contribution in [0.5, 0.6) is 11.5 Å². The molecule has 0 atom stereocenters. The quantitative estimate of drug-likeness (QED) is 0.704. The SMILES string of the molecule is CCOc1ccc(OCC(=O)NC2CCN(S(=O)(=O)c3cccs3)CC2)cc1. The van der Waals surface area contributed by atoms with Gasteiger partial charge in [-0.15, -0.1) is 11.3 Å². The molecule has 1 aromatic carbocycles. The summed E-state index contributed by atoms with van der Waals surface area (Å²) >= 11 is 1.22. The number of amides is 1. The summed E-state index contributed by atoms with van der Waals surface area (Å²) in [5, 5.41) is 4.67. The maximum absolute atomic E-state index is 12.5. The molecule has 1 aliphatic rings. The predicted octanol–water partition coefficient (Wildman–Crippen LogP) is 2.50. The number of carbonyl (C=O) groups excluding carboxylic acids is 1. The zero-order valence-corrected chi connectivity index (χ0v) is 17.3. The van der Waals surface area contributed by atoms with E-state index >= 15 is 0 Å². The second-order valence-corrected chi connectivity index (χ2v) is 9.48. The van der Waals surface area contributed by atoms with Gasteiger partial charge in [0, 0.05) is 19.1 Å². The highest BCUT2D eigenvalue weighted by Gasteiger charge is 2.30. The van der Waals surface area contributed by atoms with Gasteiger partial charge in [-0.25, -0.2) is 8.42 Å². The Bertz CT molecular complexity index is 858. The van der Waals surface area contributed by atoms with Gasteiger partial charge in [-0.2, -0.15) is 4.31 Å². The van der Waals surface area contributed by atoms with Gasteiger partial charge in [0.2, 0.25) is 0 Å². The Morgan fingerprint density at radius 1 is 1.14 bits per heavy atom. The number of hydrogen-bond acceptors (Lipinski definition) is 6. The predicted molar refractivity (Wildman–Crippen MR) is 107 cm³/mol. The summed E-state index contributed by atoms with van der Waals surface area (Å²) in [5.74, 6) is 1.13. The molecule has 1 N–H and O–H groups in total. The Balaban J connectivity index is 1.42. The summed E-state index contributed by atoms with van der Waals surface area (Å²) in [4.78, 5) is 12.1. The molecule has 0 unspecified atom stereocenters. The van der Waals surface area contributed by atoms with E-state index in [1.54, 1.807) is 41.8 Å². The Morgan fingerprint density at radius 2 is 1.79 bits per heavy atom. The molecule has 0 spiro atoms. The van der Waals surface area contributed by atoms with Crippen LogP contribution in [0.1, 0.15) is 19.8 Å². The van der Waals surface area contributed by atoms with Crippen molar-refractivity contribution in [1.82, 2.24) is 9.62 Å². The van der Waals surface area contributed by atoms with Crippen molar-refractivity contribution in [1.29, 1.82) is 0 Å².